The third-order valence-corrected chi connectivity index (χ3v) is 6.62. The molecule has 0 saturated carbocycles. The monoisotopic (exact) mass is 495 g/mol. The van der Waals surface area contributed by atoms with Crippen LogP contribution in [0, 0.1) is 5.92 Å². The molecule has 1 aliphatic rings. The Hall–Kier alpha value is -4.34. The molecule has 0 atom stereocenters. The van der Waals surface area contributed by atoms with Crippen molar-refractivity contribution >= 4 is 39.3 Å². The quantitative estimate of drug-likeness (QED) is 0.304. The molecule has 6 heterocycles. The summed E-state index contributed by atoms with van der Waals surface area (Å²) in [7, 11) is 0. The number of aromatic nitrogens is 7. The van der Waals surface area contributed by atoms with Gasteiger partial charge in [0.15, 0.2) is 11.6 Å². The van der Waals surface area contributed by atoms with Gasteiger partial charge in [0.1, 0.15) is 11.2 Å². The van der Waals surface area contributed by atoms with Gasteiger partial charge < -0.3 is 15.2 Å². The van der Waals surface area contributed by atoms with E-state index in [1.54, 1.807) is 18.6 Å². The van der Waals surface area contributed by atoms with Crippen molar-refractivity contribution in [3.8, 4) is 22.8 Å². The van der Waals surface area contributed by atoms with E-state index in [0.717, 1.165) is 52.1 Å². The van der Waals surface area contributed by atoms with Gasteiger partial charge in [0, 0.05) is 42.9 Å². The van der Waals surface area contributed by atoms with E-state index in [2.05, 4.69) is 40.3 Å². The van der Waals surface area contributed by atoms with E-state index in [0.29, 0.717) is 23.6 Å². The summed E-state index contributed by atoms with van der Waals surface area (Å²) in [5.41, 5.74) is 5.50. The first-order valence-electron chi connectivity index (χ1n) is 12.7. The zero-order chi connectivity index (χ0) is 25.4. The fraction of sp³-hybridized carbons (Fsp3) is 0.333. The van der Waals surface area contributed by atoms with Gasteiger partial charge in [-0.1, -0.05) is 13.8 Å². The lowest BCUT2D eigenvalue weighted by Crippen LogP contribution is -2.30. The number of piperidine rings is 1. The van der Waals surface area contributed by atoms with Crippen molar-refractivity contribution in [3.63, 3.8) is 0 Å². The number of imidazole rings is 1. The lowest BCUT2D eigenvalue weighted by Gasteiger charge is -2.27. The molecule has 6 rings (SSSR count). The van der Waals surface area contributed by atoms with Crippen LogP contribution in [0.25, 0.3) is 44.7 Å². The van der Waals surface area contributed by atoms with Gasteiger partial charge in [0.2, 0.25) is 5.91 Å². The minimum Gasteiger partial charge on any atom is -0.355 e. The Morgan fingerprint density at radius 2 is 1.95 bits per heavy atom. The van der Waals surface area contributed by atoms with Gasteiger partial charge in [-0.05, 0) is 43.4 Å². The highest BCUT2D eigenvalue weighted by Crippen LogP contribution is 2.32. The third kappa shape index (κ3) is 4.62. The van der Waals surface area contributed by atoms with Crippen LogP contribution in [0.2, 0.25) is 0 Å². The maximum atomic E-state index is 12.2. The number of nitrogens with zero attached hydrogens (tertiary/aromatic N) is 6. The summed E-state index contributed by atoms with van der Waals surface area (Å²) in [4.78, 5) is 36.5. The third-order valence-electron chi connectivity index (χ3n) is 6.62. The summed E-state index contributed by atoms with van der Waals surface area (Å²) in [6.45, 7) is 6.03. The normalized spacial score (nSPS) is 14.1. The summed E-state index contributed by atoms with van der Waals surface area (Å²) in [6, 6.07) is 5.81. The number of carbonyl (C=O) groups is 1. The van der Waals surface area contributed by atoms with Gasteiger partial charge in [0.05, 0.1) is 34.8 Å². The van der Waals surface area contributed by atoms with Crippen molar-refractivity contribution in [2.75, 3.05) is 23.3 Å². The first kappa shape index (κ1) is 23.1. The Bertz CT molecular complexity index is 1580. The zero-order valence-electron chi connectivity index (χ0n) is 21.0. The van der Waals surface area contributed by atoms with Crippen LogP contribution in [0.15, 0.2) is 43.0 Å². The SMILES string of the molecule is CC(C)CC(=O)Nc1cncc(-c2cc3c(-c4nc5c(N6CCCCC6)nccc5[nH]4)n[nH]c3cn2)c1. The van der Waals surface area contributed by atoms with E-state index in [1.807, 2.05) is 38.2 Å². The number of hydrogen-bond acceptors (Lipinski definition) is 7. The predicted octanol–water partition coefficient (Wildman–Crippen LogP) is 4.93. The fourth-order valence-corrected chi connectivity index (χ4v) is 4.86. The zero-order valence-corrected chi connectivity index (χ0v) is 21.0. The molecule has 1 aliphatic heterocycles. The molecule has 3 N–H and O–H groups in total. The molecule has 1 saturated heterocycles. The molecule has 0 spiro atoms. The number of rotatable bonds is 6. The second-order valence-corrected chi connectivity index (χ2v) is 9.96. The van der Waals surface area contributed by atoms with Gasteiger partial charge >= 0.3 is 0 Å². The summed E-state index contributed by atoms with van der Waals surface area (Å²) >= 11 is 0. The highest BCUT2D eigenvalue weighted by Gasteiger charge is 2.20. The van der Waals surface area contributed by atoms with Crippen molar-refractivity contribution in [2.24, 2.45) is 5.92 Å². The van der Waals surface area contributed by atoms with Crippen molar-refractivity contribution in [1.29, 1.82) is 0 Å². The Kier molecular flexibility index (Phi) is 5.99. The van der Waals surface area contributed by atoms with Gasteiger partial charge in [-0.3, -0.25) is 19.9 Å². The van der Waals surface area contributed by atoms with E-state index in [1.165, 1.54) is 19.3 Å². The molecular formula is C27H29N9O. The predicted molar refractivity (Wildman–Crippen MR) is 144 cm³/mol. The maximum Gasteiger partial charge on any atom is 0.224 e. The number of aromatic amines is 2. The Labute approximate surface area is 214 Å². The molecule has 0 unspecified atom stereocenters. The molecule has 0 aromatic carbocycles. The molecule has 5 aromatic rings. The largest absolute Gasteiger partial charge is 0.355 e. The maximum absolute atomic E-state index is 12.2. The molecule has 0 bridgehead atoms. The number of anilines is 2. The van der Waals surface area contributed by atoms with E-state index in [-0.39, 0.29) is 11.8 Å². The van der Waals surface area contributed by atoms with Crippen LogP contribution in [0.4, 0.5) is 11.5 Å². The molecule has 5 aromatic heterocycles. The Morgan fingerprint density at radius 1 is 1.08 bits per heavy atom. The van der Waals surface area contributed by atoms with Gasteiger partial charge in [-0.15, -0.1) is 0 Å². The van der Waals surface area contributed by atoms with Crippen LogP contribution in [0.1, 0.15) is 39.5 Å². The number of hydrogen-bond donors (Lipinski definition) is 3. The second kappa shape index (κ2) is 9.61. The number of carbonyl (C=O) groups excluding carboxylic acids is 1. The minimum absolute atomic E-state index is 0.0298. The van der Waals surface area contributed by atoms with Crippen LogP contribution >= 0.6 is 0 Å². The van der Waals surface area contributed by atoms with Crippen LogP contribution in [0.3, 0.4) is 0 Å². The van der Waals surface area contributed by atoms with E-state index < -0.39 is 0 Å². The summed E-state index contributed by atoms with van der Waals surface area (Å²) in [5.74, 6) is 1.85. The first-order chi connectivity index (χ1) is 18.0. The standard InChI is InChI=1S/C27H29N9O/c1-16(2)10-23(37)31-18-11-17(13-28-14-18)21-12-19-22(15-30-21)34-35-24(19)26-32-20-6-7-29-27(25(20)33-26)36-8-4-3-5-9-36/h6-7,11-16H,3-5,8-10H2,1-2H3,(H,31,37)(H,32,33)(H,34,35). The summed E-state index contributed by atoms with van der Waals surface area (Å²) < 4.78 is 0. The Morgan fingerprint density at radius 3 is 2.78 bits per heavy atom. The van der Waals surface area contributed by atoms with Gasteiger partial charge in [-0.25, -0.2) is 9.97 Å². The molecule has 1 amide bonds. The Balaban J connectivity index is 1.35. The molecule has 37 heavy (non-hydrogen) atoms. The van der Waals surface area contributed by atoms with Crippen molar-refractivity contribution in [2.45, 2.75) is 39.5 Å². The van der Waals surface area contributed by atoms with Crippen molar-refractivity contribution < 1.29 is 4.79 Å². The van der Waals surface area contributed by atoms with Crippen LogP contribution in [-0.4, -0.2) is 54.1 Å². The number of nitrogens with one attached hydrogen (secondary N) is 3. The van der Waals surface area contributed by atoms with E-state index >= 15 is 0 Å². The lowest BCUT2D eigenvalue weighted by atomic mass is 10.1. The van der Waals surface area contributed by atoms with Crippen LogP contribution < -0.4 is 10.2 Å². The molecule has 0 aliphatic carbocycles. The topological polar surface area (TPSA) is 128 Å². The van der Waals surface area contributed by atoms with Gasteiger partial charge in [0.25, 0.3) is 0 Å². The fourth-order valence-electron chi connectivity index (χ4n) is 4.86. The molecule has 1 fully saturated rings. The number of H-pyrrole nitrogens is 2. The van der Waals surface area contributed by atoms with Crippen LogP contribution in [0.5, 0.6) is 0 Å². The number of amides is 1. The van der Waals surface area contributed by atoms with Crippen molar-refractivity contribution in [1.82, 2.24) is 35.1 Å². The second-order valence-electron chi connectivity index (χ2n) is 9.96. The van der Waals surface area contributed by atoms with E-state index in [9.17, 15) is 4.79 Å². The average molecular weight is 496 g/mol. The number of pyridine rings is 3. The van der Waals surface area contributed by atoms with Crippen LogP contribution in [-0.2, 0) is 4.79 Å². The molecule has 10 heteroatoms. The number of fused-ring (bicyclic) bond motifs is 2. The summed E-state index contributed by atoms with van der Waals surface area (Å²) in [6.07, 6.45) is 11.0. The molecule has 10 nitrogen and oxygen atoms in total. The lowest BCUT2D eigenvalue weighted by molar-refractivity contribution is -0.116. The molecule has 188 valence electrons. The average Bonchev–Trinajstić information content (AvgIpc) is 3.52. The van der Waals surface area contributed by atoms with Gasteiger partial charge in [-0.2, -0.15) is 5.10 Å². The molecule has 0 radical (unpaired) electrons. The minimum atomic E-state index is -0.0298. The first-order valence-corrected chi connectivity index (χ1v) is 12.7. The highest BCUT2D eigenvalue weighted by atomic mass is 16.1. The highest BCUT2D eigenvalue weighted by molar-refractivity contribution is 5.96. The van der Waals surface area contributed by atoms with E-state index in [4.69, 9.17) is 4.98 Å². The summed E-state index contributed by atoms with van der Waals surface area (Å²) in [5, 5.41) is 11.5. The smallest absolute Gasteiger partial charge is 0.224 e. The van der Waals surface area contributed by atoms with Crippen molar-refractivity contribution in [3.05, 3.63) is 43.0 Å². The molecular weight excluding hydrogens is 466 g/mol.